The Morgan fingerprint density at radius 2 is 1.77 bits per heavy atom. The number of aryl methyl sites for hydroxylation is 2. The highest BCUT2D eigenvalue weighted by molar-refractivity contribution is 6.00. The van der Waals surface area contributed by atoms with Crippen LogP contribution in [0.1, 0.15) is 53.9 Å². The molecule has 0 unspecified atom stereocenters. The molecule has 0 spiro atoms. The van der Waals surface area contributed by atoms with E-state index in [1.54, 1.807) is 36.0 Å². The van der Waals surface area contributed by atoms with Gasteiger partial charge in [-0.2, -0.15) is 0 Å². The minimum Gasteiger partial charge on any atom is -0.493 e. The normalized spacial score (nSPS) is 21.3. The van der Waals surface area contributed by atoms with Gasteiger partial charge in [0, 0.05) is 19.4 Å². The maximum Gasteiger partial charge on any atom is 0.255 e. The van der Waals surface area contributed by atoms with Crippen LogP contribution in [0.4, 0.5) is 0 Å². The zero-order valence-corrected chi connectivity index (χ0v) is 25.1. The number of hydrogen-bond donors (Lipinski definition) is 5. The smallest absolute Gasteiger partial charge is 0.255 e. The van der Waals surface area contributed by atoms with Crippen molar-refractivity contribution in [3.63, 3.8) is 0 Å². The summed E-state index contributed by atoms with van der Waals surface area (Å²) in [6.07, 6.45) is 1.35. The molecular weight excluding hydrogens is 566 g/mol. The van der Waals surface area contributed by atoms with Crippen molar-refractivity contribution in [2.75, 3.05) is 6.61 Å². The second kappa shape index (κ2) is 15.1. The van der Waals surface area contributed by atoms with Crippen LogP contribution in [0, 0.1) is 6.92 Å². The molecule has 0 fully saturated rings. The third-order valence-electron chi connectivity index (χ3n) is 7.21. The van der Waals surface area contributed by atoms with Crippen LogP contribution in [-0.4, -0.2) is 74.6 Å². The number of nitrogens with one attached hydrogen (secondary N) is 4. The monoisotopic (exact) mass is 605 g/mol. The fourth-order valence-electron chi connectivity index (χ4n) is 4.74. The number of rotatable bonds is 4. The molecule has 4 amide bonds. The molecule has 5 N–H and O–H groups in total. The first kappa shape index (κ1) is 32.1. The highest BCUT2D eigenvalue weighted by Crippen LogP contribution is 2.21. The highest BCUT2D eigenvalue weighted by atomic mass is 16.5. The lowest BCUT2D eigenvalue weighted by atomic mass is 10.0. The van der Waals surface area contributed by atoms with Crippen LogP contribution in [0.2, 0.25) is 0 Å². The van der Waals surface area contributed by atoms with Gasteiger partial charge < -0.3 is 31.1 Å². The molecule has 2 heterocycles. The minimum absolute atomic E-state index is 0.0751. The second-order valence-corrected chi connectivity index (χ2v) is 10.8. The summed E-state index contributed by atoms with van der Waals surface area (Å²) in [7, 11) is 0. The van der Waals surface area contributed by atoms with Gasteiger partial charge in [-0.05, 0) is 43.5 Å². The van der Waals surface area contributed by atoms with Crippen molar-refractivity contribution < 1.29 is 29.0 Å². The Morgan fingerprint density at radius 1 is 1.00 bits per heavy atom. The van der Waals surface area contributed by atoms with Gasteiger partial charge in [-0.15, -0.1) is 5.10 Å². The molecule has 234 valence electrons. The third-order valence-corrected chi connectivity index (χ3v) is 7.21. The van der Waals surface area contributed by atoms with Gasteiger partial charge in [0.15, 0.2) is 0 Å². The van der Waals surface area contributed by atoms with E-state index in [1.165, 1.54) is 6.92 Å². The van der Waals surface area contributed by atoms with Crippen molar-refractivity contribution in [3.05, 3.63) is 77.1 Å². The van der Waals surface area contributed by atoms with Crippen LogP contribution in [0.25, 0.3) is 0 Å². The molecule has 0 radical (unpaired) electrons. The molecular formula is C31H39N7O6. The van der Waals surface area contributed by atoms with E-state index in [1.807, 2.05) is 37.3 Å². The molecule has 4 atom stereocenters. The van der Waals surface area contributed by atoms with Crippen LogP contribution in [0.5, 0.6) is 5.75 Å². The van der Waals surface area contributed by atoms with E-state index < -0.39 is 47.9 Å². The number of carbonyl (C=O) groups is 4. The number of carbonyl (C=O) groups excluding carboxylic acids is 4. The lowest BCUT2D eigenvalue weighted by Crippen LogP contribution is -2.60. The number of amides is 4. The van der Waals surface area contributed by atoms with Gasteiger partial charge >= 0.3 is 0 Å². The Hall–Kier alpha value is -4.78. The van der Waals surface area contributed by atoms with Crippen LogP contribution in [-0.2, 0) is 33.9 Å². The number of hydrogen-bond acceptors (Lipinski definition) is 8. The molecule has 1 aliphatic heterocycles. The number of benzene rings is 2. The molecule has 0 saturated heterocycles. The van der Waals surface area contributed by atoms with E-state index in [0.717, 1.165) is 11.1 Å². The van der Waals surface area contributed by atoms with Crippen LogP contribution >= 0.6 is 0 Å². The van der Waals surface area contributed by atoms with E-state index in [4.69, 9.17) is 4.74 Å². The Balaban J connectivity index is 1.62. The number of nitrogens with zero attached hydrogens (tertiary/aromatic N) is 3. The number of aliphatic hydroxyl groups is 1. The molecule has 2 aromatic carbocycles. The van der Waals surface area contributed by atoms with Gasteiger partial charge in [0.1, 0.15) is 29.6 Å². The van der Waals surface area contributed by atoms with E-state index >= 15 is 0 Å². The van der Waals surface area contributed by atoms with Crippen molar-refractivity contribution in [1.29, 1.82) is 0 Å². The van der Waals surface area contributed by atoms with Crippen molar-refractivity contribution in [1.82, 2.24) is 36.3 Å². The molecule has 1 aliphatic rings. The third kappa shape index (κ3) is 8.63. The zero-order valence-electron chi connectivity index (χ0n) is 25.1. The van der Waals surface area contributed by atoms with Crippen molar-refractivity contribution in [2.24, 2.45) is 0 Å². The van der Waals surface area contributed by atoms with Gasteiger partial charge in [-0.3, -0.25) is 23.9 Å². The first-order valence-corrected chi connectivity index (χ1v) is 14.7. The fourth-order valence-corrected chi connectivity index (χ4v) is 4.74. The average molecular weight is 606 g/mol. The second-order valence-electron chi connectivity index (χ2n) is 10.8. The average Bonchev–Trinajstić information content (AvgIpc) is 3.46. The van der Waals surface area contributed by atoms with Gasteiger partial charge in [0.2, 0.25) is 17.7 Å². The summed E-state index contributed by atoms with van der Waals surface area (Å²) >= 11 is 0. The molecule has 2 bridgehead atoms. The summed E-state index contributed by atoms with van der Waals surface area (Å²) < 4.78 is 7.59. The zero-order chi connectivity index (χ0) is 31.6. The van der Waals surface area contributed by atoms with Gasteiger partial charge in [-0.1, -0.05) is 48.5 Å². The summed E-state index contributed by atoms with van der Waals surface area (Å²) in [5.74, 6) is -2.04. The topological polar surface area (TPSA) is 177 Å². The first-order valence-electron chi connectivity index (χ1n) is 14.7. The first-order chi connectivity index (χ1) is 21.1. The Labute approximate surface area is 255 Å². The molecule has 1 aromatic heterocycles. The maximum absolute atomic E-state index is 13.4. The van der Waals surface area contributed by atoms with Gasteiger partial charge in [0.25, 0.3) is 5.91 Å². The van der Waals surface area contributed by atoms with Gasteiger partial charge in [-0.25, -0.2) is 0 Å². The predicted octanol–water partition coefficient (Wildman–Crippen LogP) is 0.787. The maximum atomic E-state index is 13.4. The minimum atomic E-state index is -1.40. The van der Waals surface area contributed by atoms with E-state index in [0.29, 0.717) is 31.0 Å². The largest absolute Gasteiger partial charge is 0.493 e. The van der Waals surface area contributed by atoms with Crippen LogP contribution < -0.4 is 26.0 Å². The predicted molar refractivity (Wildman–Crippen MR) is 160 cm³/mol. The van der Waals surface area contributed by atoms with Crippen molar-refractivity contribution >= 4 is 23.6 Å². The SMILES string of the molecule is CC[C@@H]1NC(=O)c2ccc(C)cc2OCCCn2cc(nn2)CNC(=O)[C@@H](Cc2ccccc2)NC(=O)[C@H]([C@@H](C)O)NC1=O. The molecule has 3 aromatic rings. The lowest BCUT2D eigenvalue weighted by Gasteiger charge is -2.26. The Kier molecular flexibility index (Phi) is 11.0. The van der Waals surface area contributed by atoms with E-state index in [9.17, 15) is 24.3 Å². The number of ether oxygens (including phenoxy) is 1. The molecule has 0 aliphatic carbocycles. The fraction of sp³-hybridized carbons (Fsp3) is 0.419. The van der Waals surface area contributed by atoms with Crippen molar-refractivity contribution in [2.45, 2.75) is 77.4 Å². The van der Waals surface area contributed by atoms with E-state index in [-0.39, 0.29) is 24.9 Å². The molecule has 0 saturated carbocycles. The summed E-state index contributed by atoms with van der Waals surface area (Å²) in [4.78, 5) is 53.3. The molecule has 13 heteroatoms. The van der Waals surface area contributed by atoms with Crippen LogP contribution in [0.3, 0.4) is 0 Å². The Bertz CT molecular complexity index is 1460. The highest BCUT2D eigenvalue weighted by Gasteiger charge is 2.32. The summed E-state index contributed by atoms with van der Waals surface area (Å²) in [5.41, 5.74) is 2.47. The quantitative estimate of drug-likeness (QED) is 0.290. The van der Waals surface area contributed by atoms with Gasteiger partial charge in [0.05, 0.1) is 31.0 Å². The number of aliphatic hydroxyl groups excluding tert-OH is 1. The molecule has 4 rings (SSSR count). The van der Waals surface area contributed by atoms with Crippen molar-refractivity contribution in [3.8, 4) is 5.75 Å². The van der Waals surface area contributed by atoms with E-state index in [2.05, 4.69) is 31.6 Å². The Morgan fingerprint density at radius 3 is 2.50 bits per heavy atom. The summed E-state index contributed by atoms with van der Waals surface area (Å²) in [5, 5.41) is 29.5. The summed E-state index contributed by atoms with van der Waals surface area (Å²) in [6, 6.07) is 10.9. The number of aromatic nitrogens is 3. The number of fused-ring (bicyclic) bond motifs is 3. The standard InChI is InChI=1S/C31H39N7O6/c1-4-24-30(42)35-27(20(3)39)31(43)34-25(16-21-9-6-5-7-10-21)29(41)32-17-22-18-38(37-36-22)13-8-14-44-26-15-19(2)11-12-23(26)28(40)33-24/h5-7,9-12,15,18,20,24-25,27,39H,4,8,13-14,16-17H2,1-3H3,(H,32,41)(H,33,40)(H,34,43)(H,35,42)/t20-,24+,25-,27+/m1/s1. The molecule has 13 nitrogen and oxygen atoms in total. The summed E-state index contributed by atoms with van der Waals surface area (Å²) in [6.45, 7) is 5.80. The molecule has 44 heavy (non-hydrogen) atoms. The lowest BCUT2D eigenvalue weighted by molar-refractivity contribution is -0.134. The van der Waals surface area contributed by atoms with Crippen LogP contribution in [0.15, 0.2) is 54.7 Å².